The van der Waals surface area contributed by atoms with E-state index >= 15 is 0 Å². The van der Waals surface area contributed by atoms with Crippen molar-refractivity contribution in [3.63, 3.8) is 0 Å². The molecule has 0 unspecified atom stereocenters. The molecule has 0 spiro atoms. The fourth-order valence-electron chi connectivity index (χ4n) is 1.56. The van der Waals surface area contributed by atoms with E-state index in [-0.39, 0.29) is 23.2 Å². The number of aliphatic hydroxyl groups is 1. The second-order valence-corrected chi connectivity index (χ2v) is 5.47. The van der Waals surface area contributed by atoms with Crippen molar-refractivity contribution in [1.29, 1.82) is 0 Å². The van der Waals surface area contributed by atoms with Crippen LogP contribution in [0.4, 0.5) is 5.95 Å². The Labute approximate surface area is 116 Å². The Bertz CT molecular complexity index is 689. The van der Waals surface area contributed by atoms with Crippen molar-refractivity contribution in [1.82, 2.24) is 9.97 Å². The highest BCUT2D eigenvalue weighted by Gasteiger charge is 2.20. The van der Waals surface area contributed by atoms with Gasteiger partial charge in [0.15, 0.2) is 0 Å². The lowest BCUT2D eigenvalue weighted by Crippen LogP contribution is -2.16. The Balaban J connectivity index is 2.39. The molecule has 2 aromatic rings. The predicted octanol–water partition coefficient (Wildman–Crippen LogP) is 0.778. The number of nitrogens with one attached hydrogen (secondary N) is 1. The first-order chi connectivity index (χ1) is 9.56. The summed E-state index contributed by atoms with van der Waals surface area (Å²) in [6, 6.07) is 5.90. The van der Waals surface area contributed by atoms with Gasteiger partial charge in [-0.15, -0.1) is 0 Å². The van der Waals surface area contributed by atoms with Gasteiger partial charge in [0.2, 0.25) is 5.95 Å². The zero-order valence-electron chi connectivity index (χ0n) is 10.6. The largest absolute Gasteiger partial charge is 0.495 e. The average Bonchev–Trinajstić information content (AvgIpc) is 2.47. The summed E-state index contributed by atoms with van der Waals surface area (Å²) in [6.45, 7) is -0.202. The molecule has 2 N–H and O–H groups in total. The summed E-state index contributed by atoms with van der Waals surface area (Å²) in [7, 11) is -2.51. The summed E-state index contributed by atoms with van der Waals surface area (Å²) in [5.41, 5.74) is 0.553. The molecule has 1 aromatic carbocycles. The van der Waals surface area contributed by atoms with Crippen molar-refractivity contribution in [2.45, 2.75) is 11.5 Å². The molecule has 1 heterocycles. The average molecular weight is 295 g/mol. The van der Waals surface area contributed by atoms with Crippen LogP contribution >= 0.6 is 0 Å². The summed E-state index contributed by atoms with van der Waals surface area (Å²) in [6.07, 6.45) is 2.86. The summed E-state index contributed by atoms with van der Waals surface area (Å²) in [4.78, 5) is 7.54. The van der Waals surface area contributed by atoms with Crippen LogP contribution in [-0.4, -0.2) is 30.6 Å². The van der Waals surface area contributed by atoms with E-state index in [1.165, 1.54) is 37.7 Å². The second kappa shape index (κ2) is 5.85. The molecule has 20 heavy (non-hydrogen) atoms. The third-order valence-corrected chi connectivity index (χ3v) is 3.86. The van der Waals surface area contributed by atoms with Crippen LogP contribution in [0.2, 0.25) is 0 Å². The summed E-state index contributed by atoms with van der Waals surface area (Å²) in [5, 5.41) is 9.05. The first-order valence-corrected chi connectivity index (χ1v) is 7.13. The van der Waals surface area contributed by atoms with E-state index < -0.39 is 10.0 Å². The molecular formula is C12H13N3O4S. The number of sulfonamides is 1. The monoisotopic (exact) mass is 295 g/mol. The van der Waals surface area contributed by atoms with Gasteiger partial charge in [-0.3, -0.25) is 0 Å². The molecule has 2 rings (SSSR count). The molecule has 0 atom stereocenters. The van der Waals surface area contributed by atoms with E-state index in [9.17, 15) is 8.42 Å². The lowest BCUT2D eigenvalue weighted by Gasteiger charge is -2.11. The predicted molar refractivity (Wildman–Crippen MR) is 71.8 cm³/mol. The van der Waals surface area contributed by atoms with Gasteiger partial charge in [0.05, 0.1) is 13.7 Å². The van der Waals surface area contributed by atoms with Gasteiger partial charge in [0, 0.05) is 12.4 Å². The van der Waals surface area contributed by atoms with Gasteiger partial charge in [0.25, 0.3) is 10.0 Å². The molecule has 106 valence electrons. The highest BCUT2D eigenvalue weighted by Crippen LogP contribution is 2.26. The number of methoxy groups -OCH3 is 1. The number of anilines is 1. The molecule has 0 aliphatic rings. The first-order valence-electron chi connectivity index (χ1n) is 5.64. The molecule has 0 saturated carbocycles. The van der Waals surface area contributed by atoms with Crippen LogP contribution in [0, 0.1) is 0 Å². The minimum atomic E-state index is -3.86. The van der Waals surface area contributed by atoms with E-state index in [4.69, 9.17) is 9.84 Å². The van der Waals surface area contributed by atoms with Crippen LogP contribution in [0.15, 0.2) is 41.6 Å². The smallest absolute Gasteiger partial charge is 0.267 e. The molecule has 7 nitrogen and oxygen atoms in total. The maximum Gasteiger partial charge on any atom is 0.267 e. The molecule has 0 aliphatic heterocycles. The van der Waals surface area contributed by atoms with Crippen LogP contribution in [0.1, 0.15) is 5.56 Å². The molecular weight excluding hydrogens is 282 g/mol. The van der Waals surface area contributed by atoms with Gasteiger partial charge in [-0.1, -0.05) is 6.07 Å². The third-order valence-electron chi connectivity index (χ3n) is 2.49. The Kier molecular flexibility index (Phi) is 4.16. The van der Waals surface area contributed by atoms with Gasteiger partial charge < -0.3 is 9.84 Å². The normalized spacial score (nSPS) is 11.1. The topological polar surface area (TPSA) is 101 Å². The van der Waals surface area contributed by atoms with Gasteiger partial charge in [-0.2, -0.15) is 0 Å². The molecule has 0 aliphatic carbocycles. The van der Waals surface area contributed by atoms with Crippen molar-refractivity contribution >= 4 is 16.0 Å². The molecule has 8 heteroatoms. The number of aliphatic hydroxyl groups excluding tert-OH is 1. The van der Waals surface area contributed by atoms with E-state index in [0.29, 0.717) is 5.56 Å². The molecule has 0 saturated heterocycles. The molecule has 0 fully saturated rings. The first kappa shape index (κ1) is 14.2. The van der Waals surface area contributed by atoms with Crippen molar-refractivity contribution in [2.75, 3.05) is 11.8 Å². The highest BCUT2D eigenvalue weighted by molar-refractivity contribution is 7.92. The quantitative estimate of drug-likeness (QED) is 0.845. The number of hydrogen-bond donors (Lipinski definition) is 2. The van der Waals surface area contributed by atoms with E-state index in [2.05, 4.69) is 14.7 Å². The molecule has 0 bridgehead atoms. The van der Waals surface area contributed by atoms with E-state index in [1.807, 2.05) is 0 Å². The standard InChI is InChI=1S/C12H13N3O4S/c1-19-10-7-9(8-16)3-4-11(10)20(17,18)15-12-13-5-2-6-14-12/h2-7,16H,8H2,1H3,(H,13,14,15). The lowest BCUT2D eigenvalue weighted by molar-refractivity contribution is 0.280. The number of aromatic nitrogens is 2. The lowest BCUT2D eigenvalue weighted by atomic mass is 10.2. The SMILES string of the molecule is COc1cc(CO)ccc1S(=O)(=O)Nc1ncccn1. The number of nitrogens with zero attached hydrogens (tertiary/aromatic N) is 2. The molecule has 0 radical (unpaired) electrons. The van der Waals surface area contributed by atoms with Crippen molar-refractivity contribution in [3.05, 3.63) is 42.2 Å². The molecule has 0 amide bonds. The minimum Gasteiger partial charge on any atom is -0.495 e. The van der Waals surface area contributed by atoms with Crippen molar-refractivity contribution in [3.8, 4) is 5.75 Å². The van der Waals surface area contributed by atoms with Crippen molar-refractivity contribution < 1.29 is 18.3 Å². The van der Waals surface area contributed by atoms with Gasteiger partial charge in [-0.25, -0.2) is 23.1 Å². The fourth-order valence-corrected chi connectivity index (χ4v) is 2.67. The zero-order chi connectivity index (χ0) is 14.6. The number of benzene rings is 1. The van der Waals surface area contributed by atoms with Crippen LogP contribution in [0.5, 0.6) is 5.75 Å². The third kappa shape index (κ3) is 3.03. The summed E-state index contributed by atoms with van der Waals surface area (Å²) < 4.78 is 31.8. The van der Waals surface area contributed by atoms with Crippen molar-refractivity contribution in [2.24, 2.45) is 0 Å². The maximum absolute atomic E-state index is 12.2. The van der Waals surface area contributed by atoms with Crippen LogP contribution in [0.3, 0.4) is 0 Å². The number of hydrogen-bond acceptors (Lipinski definition) is 6. The van der Waals surface area contributed by atoms with Gasteiger partial charge in [0.1, 0.15) is 10.6 Å². The van der Waals surface area contributed by atoms with Crippen LogP contribution in [-0.2, 0) is 16.6 Å². The summed E-state index contributed by atoms with van der Waals surface area (Å²) >= 11 is 0. The Morgan fingerprint density at radius 1 is 1.30 bits per heavy atom. The van der Waals surface area contributed by atoms with Crippen LogP contribution in [0.25, 0.3) is 0 Å². The second-order valence-electron chi connectivity index (χ2n) is 3.82. The van der Waals surface area contributed by atoms with Crippen LogP contribution < -0.4 is 9.46 Å². The Morgan fingerprint density at radius 2 is 2.00 bits per heavy atom. The van der Waals surface area contributed by atoms with E-state index in [0.717, 1.165) is 0 Å². The fraction of sp³-hybridized carbons (Fsp3) is 0.167. The number of rotatable bonds is 5. The Hall–Kier alpha value is -2.19. The highest BCUT2D eigenvalue weighted by atomic mass is 32.2. The zero-order valence-corrected chi connectivity index (χ0v) is 11.5. The maximum atomic E-state index is 12.2. The summed E-state index contributed by atoms with van der Waals surface area (Å²) in [5.74, 6) is 0.112. The van der Waals surface area contributed by atoms with E-state index in [1.54, 1.807) is 6.07 Å². The minimum absolute atomic E-state index is 0.0270. The Morgan fingerprint density at radius 3 is 2.60 bits per heavy atom. The van der Waals surface area contributed by atoms with Gasteiger partial charge in [-0.05, 0) is 23.8 Å². The molecule has 1 aromatic heterocycles. The number of ether oxygens (including phenoxy) is 1. The van der Waals surface area contributed by atoms with Gasteiger partial charge >= 0.3 is 0 Å².